The number of hydrogen-bond acceptors (Lipinski definition) is 4. The molecule has 0 fully saturated rings. The average molecular weight is 210 g/mol. The van der Waals surface area contributed by atoms with Gasteiger partial charge in [-0.3, -0.25) is 4.21 Å². The summed E-state index contributed by atoms with van der Waals surface area (Å²) in [6.45, 7) is 1.87. The Hall–Kier alpha value is -1.36. The van der Waals surface area contributed by atoms with Crippen molar-refractivity contribution in [3.05, 3.63) is 18.2 Å². The highest BCUT2D eigenvalue weighted by Gasteiger charge is 2.06. The quantitative estimate of drug-likeness (QED) is 0.816. The summed E-state index contributed by atoms with van der Waals surface area (Å²) in [5.41, 5.74) is 6.67. The van der Waals surface area contributed by atoms with Gasteiger partial charge in [-0.05, 0) is 18.2 Å². The van der Waals surface area contributed by atoms with Crippen molar-refractivity contribution in [3.63, 3.8) is 0 Å². The first-order valence-corrected chi connectivity index (χ1v) is 5.57. The predicted octanol–water partition coefficient (Wildman–Crippen LogP) is 1.54. The van der Waals surface area contributed by atoms with Crippen molar-refractivity contribution in [2.45, 2.75) is 11.8 Å². The van der Waals surface area contributed by atoms with E-state index in [4.69, 9.17) is 10.2 Å². The first-order valence-electron chi connectivity index (χ1n) is 4.25. The van der Waals surface area contributed by atoms with Crippen LogP contribution in [0.1, 0.15) is 6.92 Å². The highest BCUT2D eigenvalue weighted by Crippen LogP contribution is 2.19. The van der Waals surface area contributed by atoms with Gasteiger partial charge in [0.05, 0.1) is 10.8 Å². The maximum atomic E-state index is 11.5. The van der Waals surface area contributed by atoms with Crippen LogP contribution >= 0.6 is 0 Å². The van der Waals surface area contributed by atoms with E-state index in [9.17, 15) is 4.21 Å². The van der Waals surface area contributed by atoms with Gasteiger partial charge in [0.15, 0.2) is 5.58 Å². The summed E-state index contributed by atoms with van der Waals surface area (Å²) in [7, 11) is -0.960. The summed E-state index contributed by atoms with van der Waals surface area (Å²) in [6.07, 6.45) is 0. The third-order valence-electron chi connectivity index (χ3n) is 1.90. The van der Waals surface area contributed by atoms with Crippen molar-refractivity contribution in [1.82, 2.24) is 4.98 Å². The van der Waals surface area contributed by atoms with Crippen LogP contribution < -0.4 is 5.73 Å². The fourth-order valence-corrected chi connectivity index (χ4v) is 2.03. The second kappa shape index (κ2) is 3.42. The van der Waals surface area contributed by atoms with Gasteiger partial charge in [-0.25, -0.2) is 0 Å². The van der Waals surface area contributed by atoms with E-state index in [2.05, 4.69) is 4.98 Å². The molecule has 0 radical (unpaired) electrons. The molecule has 1 heterocycles. The number of rotatable bonds is 2. The van der Waals surface area contributed by atoms with E-state index in [1.807, 2.05) is 6.92 Å². The van der Waals surface area contributed by atoms with Gasteiger partial charge in [-0.15, -0.1) is 0 Å². The van der Waals surface area contributed by atoms with E-state index in [0.717, 1.165) is 4.90 Å². The molecule has 1 aromatic heterocycles. The molecule has 2 rings (SSSR count). The van der Waals surface area contributed by atoms with Crippen LogP contribution in [0.4, 0.5) is 6.01 Å². The summed E-state index contributed by atoms with van der Waals surface area (Å²) >= 11 is 0. The van der Waals surface area contributed by atoms with Gasteiger partial charge in [0, 0.05) is 10.6 Å². The van der Waals surface area contributed by atoms with E-state index in [0.29, 0.717) is 16.9 Å². The molecule has 14 heavy (non-hydrogen) atoms. The van der Waals surface area contributed by atoms with Gasteiger partial charge in [-0.1, -0.05) is 6.92 Å². The summed E-state index contributed by atoms with van der Waals surface area (Å²) in [5.74, 6) is 0.596. The highest BCUT2D eigenvalue weighted by atomic mass is 32.2. The molecule has 0 bridgehead atoms. The standard InChI is InChI=1S/C9H10N2O2S/c1-2-14(12)6-3-4-8-7(5-6)11-9(10)13-8/h3-5H,2H2,1H3,(H2,10,11). The predicted molar refractivity (Wildman–Crippen MR) is 55.4 cm³/mol. The number of benzene rings is 1. The van der Waals surface area contributed by atoms with Crippen molar-refractivity contribution >= 4 is 27.9 Å². The minimum Gasteiger partial charge on any atom is -0.424 e. The molecular weight excluding hydrogens is 200 g/mol. The topological polar surface area (TPSA) is 69.1 Å². The Morgan fingerprint density at radius 2 is 2.36 bits per heavy atom. The van der Waals surface area contributed by atoms with Crippen LogP contribution in [0.2, 0.25) is 0 Å². The molecule has 0 aliphatic carbocycles. The lowest BCUT2D eigenvalue weighted by Gasteiger charge is -1.96. The van der Waals surface area contributed by atoms with Gasteiger partial charge in [0.25, 0.3) is 6.01 Å². The molecule has 0 aliphatic heterocycles. The minimum atomic E-state index is -0.960. The molecule has 1 atom stereocenters. The SMILES string of the molecule is CCS(=O)c1ccc2oc(N)nc2c1. The minimum absolute atomic E-state index is 0.138. The highest BCUT2D eigenvalue weighted by molar-refractivity contribution is 7.85. The first-order chi connectivity index (χ1) is 6.70. The normalized spacial score (nSPS) is 13.2. The maximum Gasteiger partial charge on any atom is 0.292 e. The molecule has 0 amide bonds. The van der Waals surface area contributed by atoms with E-state index in [1.54, 1.807) is 18.2 Å². The number of nitrogens with two attached hydrogens (primary N) is 1. The number of anilines is 1. The largest absolute Gasteiger partial charge is 0.424 e. The van der Waals surface area contributed by atoms with E-state index in [-0.39, 0.29) is 6.01 Å². The van der Waals surface area contributed by atoms with Crippen molar-refractivity contribution < 1.29 is 8.63 Å². The number of nitrogens with zero attached hydrogens (tertiary/aromatic N) is 1. The van der Waals surface area contributed by atoms with Gasteiger partial charge < -0.3 is 10.2 Å². The van der Waals surface area contributed by atoms with Crippen LogP contribution in [0.5, 0.6) is 0 Å². The maximum absolute atomic E-state index is 11.5. The number of nitrogen functional groups attached to an aromatic ring is 1. The molecule has 5 heteroatoms. The van der Waals surface area contributed by atoms with Crippen molar-refractivity contribution in [2.24, 2.45) is 0 Å². The zero-order valence-electron chi connectivity index (χ0n) is 7.69. The fourth-order valence-electron chi connectivity index (χ4n) is 1.23. The molecule has 2 N–H and O–H groups in total. The third-order valence-corrected chi connectivity index (χ3v) is 3.20. The molecule has 0 spiro atoms. The summed E-state index contributed by atoms with van der Waals surface area (Å²) in [6, 6.07) is 5.39. The van der Waals surface area contributed by atoms with E-state index < -0.39 is 10.8 Å². The molecular formula is C9H10N2O2S. The smallest absolute Gasteiger partial charge is 0.292 e. The Kier molecular flexibility index (Phi) is 2.25. The van der Waals surface area contributed by atoms with Gasteiger partial charge >= 0.3 is 0 Å². The molecule has 74 valence electrons. The van der Waals surface area contributed by atoms with Crippen molar-refractivity contribution in [2.75, 3.05) is 11.5 Å². The lowest BCUT2D eigenvalue weighted by atomic mass is 10.3. The van der Waals surface area contributed by atoms with Crippen LogP contribution in [0, 0.1) is 0 Å². The lowest BCUT2D eigenvalue weighted by molar-refractivity contribution is 0.626. The van der Waals surface area contributed by atoms with E-state index in [1.165, 1.54) is 0 Å². The van der Waals surface area contributed by atoms with Crippen LogP contribution in [0.15, 0.2) is 27.5 Å². The zero-order chi connectivity index (χ0) is 10.1. The van der Waals surface area contributed by atoms with Crippen LogP contribution in [-0.2, 0) is 10.8 Å². The number of oxazole rings is 1. The second-order valence-corrected chi connectivity index (χ2v) is 4.56. The number of aromatic nitrogens is 1. The monoisotopic (exact) mass is 210 g/mol. The van der Waals surface area contributed by atoms with Crippen molar-refractivity contribution in [1.29, 1.82) is 0 Å². The molecule has 4 nitrogen and oxygen atoms in total. The number of fused-ring (bicyclic) bond motifs is 1. The van der Waals surface area contributed by atoms with Crippen LogP contribution in [0.25, 0.3) is 11.1 Å². The van der Waals surface area contributed by atoms with Crippen LogP contribution in [-0.4, -0.2) is 14.9 Å². The van der Waals surface area contributed by atoms with E-state index >= 15 is 0 Å². The second-order valence-electron chi connectivity index (χ2n) is 2.82. The molecule has 2 aromatic rings. The molecule has 1 unspecified atom stereocenters. The fraction of sp³-hybridized carbons (Fsp3) is 0.222. The molecule has 0 saturated heterocycles. The zero-order valence-corrected chi connectivity index (χ0v) is 8.50. The molecule has 1 aromatic carbocycles. The first kappa shape index (κ1) is 9.21. The average Bonchev–Trinajstić information content (AvgIpc) is 2.55. The Morgan fingerprint density at radius 1 is 1.57 bits per heavy atom. The Balaban J connectivity index is 2.55. The third kappa shape index (κ3) is 1.50. The van der Waals surface area contributed by atoms with Gasteiger partial charge in [0.2, 0.25) is 0 Å². The van der Waals surface area contributed by atoms with Crippen LogP contribution in [0.3, 0.4) is 0 Å². The van der Waals surface area contributed by atoms with Gasteiger partial charge in [-0.2, -0.15) is 4.98 Å². The number of hydrogen-bond donors (Lipinski definition) is 1. The Bertz CT molecular complexity index is 493. The Labute approximate surface area is 83.6 Å². The lowest BCUT2D eigenvalue weighted by Crippen LogP contribution is -1.93. The Morgan fingerprint density at radius 3 is 3.07 bits per heavy atom. The molecule has 0 saturated carbocycles. The summed E-state index contributed by atoms with van der Waals surface area (Å²) < 4.78 is 16.6. The molecule has 0 aliphatic rings. The summed E-state index contributed by atoms with van der Waals surface area (Å²) in [4.78, 5) is 4.72. The van der Waals surface area contributed by atoms with Gasteiger partial charge in [0.1, 0.15) is 5.52 Å². The summed E-state index contributed by atoms with van der Waals surface area (Å²) in [5, 5.41) is 0. The van der Waals surface area contributed by atoms with Crippen molar-refractivity contribution in [3.8, 4) is 0 Å².